The number of carbonyl (C=O) groups is 1. The molecule has 30 heavy (non-hydrogen) atoms. The third-order valence-electron chi connectivity index (χ3n) is 5.13. The van der Waals surface area contributed by atoms with Gasteiger partial charge in [0.2, 0.25) is 5.36 Å². The van der Waals surface area contributed by atoms with Crippen LogP contribution in [0.1, 0.15) is 22.2 Å². The molecule has 2 aromatic carbocycles. The summed E-state index contributed by atoms with van der Waals surface area (Å²) in [5, 5.41) is 30.6. The fourth-order valence-electron chi connectivity index (χ4n) is 3.64. The Kier molecular flexibility index (Phi) is 4.77. The van der Waals surface area contributed by atoms with Gasteiger partial charge in [0.25, 0.3) is 0 Å². The quantitative estimate of drug-likeness (QED) is 0.180. The second-order valence-corrected chi connectivity index (χ2v) is 7.25. The van der Waals surface area contributed by atoms with Crippen LogP contribution in [0.5, 0.6) is 0 Å². The molecular formula is C23H21N2O5+. The highest BCUT2D eigenvalue weighted by Gasteiger charge is 2.23. The molecule has 0 saturated heterocycles. The smallest absolute Gasteiger partial charge is 0.336 e. The first-order valence-corrected chi connectivity index (χ1v) is 9.27. The highest BCUT2D eigenvalue weighted by atomic mass is 16.5. The van der Waals surface area contributed by atoms with Crippen molar-refractivity contribution in [2.75, 3.05) is 19.8 Å². The highest BCUT2D eigenvalue weighted by Crippen LogP contribution is 2.42. The minimum atomic E-state index is -1.77. The zero-order valence-electron chi connectivity index (χ0n) is 16.5. The number of carboxylic acids is 1. The average Bonchev–Trinajstić information content (AvgIpc) is 2.70. The van der Waals surface area contributed by atoms with Crippen LogP contribution in [0.2, 0.25) is 0 Å². The third kappa shape index (κ3) is 3.20. The van der Waals surface area contributed by atoms with Gasteiger partial charge in [0.1, 0.15) is 25.4 Å². The first kappa shape index (κ1) is 19.6. The van der Waals surface area contributed by atoms with Crippen LogP contribution in [0, 0.1) is 0 Å². The molecule has 152 valence electrons. The van der Waals surface area contributed by atoms with Crippen molar-refractivity contribution in [2.24, 2.45) is 0 Å². The van der Waals surface area contributed by atoms with Gasteiger partial charge >= 0.3 is 5.97 Å². The number of benzene rings is 3. The lowest BCUT2D eigenvalue weighted by molar-refractivity contribution is -0.0417. The molecule has 5 N–H and O–H groups in total. The maximum atomic E-state index is 11.9. The summed E-state index contributed by atoms with van der Waals surface area (Å²) in [6.07, 6.45) is -1.77. The largest absolute Gasteiger partial charge is 0.478 e. The maximum absolute atomic E-state index is 11.9. The van der Waals surface area contributed by atoms with Crippen LogP contribution in [0.15, 0.2) is 59.0 Å². The molecule has 0 atom stereocenters. The van der Waals surface area contributed by atoms with E-state index in [-0.39, 0.29) is 16.8 Å². The number of nitrogens with zero attached hydrogens (tertiary/aromatic N) is 1. The standard InChI is InChI=1S/C23H20N2O5/c1-25(2)12-7-8-15-19(9-12)30-20-11-18(24)16(23(28)29)10-17(20)21(15)13-5-3-4-6-14(13)22(26)27/h3-11,23-24,28-29H,1-2H3,(H,26,27)/p+1. The molecule has 0 spiro atoms. The molecule has 4 rings (SSSR count). The molecule has 0 fully saturated rings. The van der Waals surface area contributed by atoms with E-state index < -0.39 is 12.3 Å². The van der Waals surface area contributed by atoms with E-state index in [0.717, 1.165) is 5.36 Å². The Morgan fingerprint density at radius 3 is 2.43 bits per heavy atom. The first-order chi connectivity index (χ1) is 14.3. The van der Waals surface area contributed by atoms with Crippen molar-refractivity contribution in [3.8, 4) is 22.5 Å². The van der Waals surface area contributed by atoms with E-state index in [4.69, 9.17) is 10.2 Å². The molecule has 7 heteroatoms. The van der Waals surface area contributed by atoms with Gasteiger partial charge in [-0.15, -0.1) is 0 Å². The van der Waals surface area contributed by atoms with Crippen LogP contribution in [0.25, 0.3) is 33.4 Å². The number of nitrogen functional groups attached to an aromatic ring is 1. The lowest BCUT2D eigenvalue weighted by Gasteiger charge is -2.18. The molecule has 0 amide bonds. The van der Waals surface area contributed by atoms with Crippen LogP contribution in [0.4, 0.5) is 5.69 Å². The molecule has 1 heterocycles. The minimum Gasteiger partial charge on any atom is -0.478 e. The van der Waals surface area contributed by atoms with Gasteiger partial charge in [-0.25, -0.2) is 9.37 Å². The second kappa shape index (κ2) is 7.29. The van der Waals surface area contributed by atoms with Crippen molar-refractivity contribution in [2.45, 2.75) is 6.29 Å². The summed E-state index contributed by atoms with van der Waals surface area (Å²) in [4.78, 5) is 11.9. The first-order valence-electron chi connectivity index (χ1n) is 9.27. The normalized spacial score (nSPS) is 11.4. The Hall–Kier alpha value is -3.68. The number of rotatable bonds is 3. The Bertz CT molecular complexity index is 1330. The van der Waals surface area contributed by atoms with Crippen molar-refractivity contribution in [1.29, 1.82) is 0 Å². The Labute approximate surface area is 171 Å². The molecule has 7 nitrogen and oxygen atoms in total. The minimum absolute atomic E-state index is 0.121. The average molecular weight is 405 g/mol. The maximum Gasteiger partial charge on any atom is 0.336 e. The summed E-state index contributed by atoms with van der Waals surface area (Å²) in [7, 11) is 3.82. The van der Waals surface area contributed by atoms with Crippen molar-refractivity contribution >= 4 is 22.6 Å². The van der Waals surface area contributed by atoms with Crippen LogP contribution in [-0.2, 0) is 0 Å². The van der Waals surface area contributed by atoms with Crippen molar-refractivity contribution in [3.63, 3.8) is 0 Å². The summed E-state index contributed by atoms with van der Waals surface area (Å²) < 4.78 is 8.03. The highest BCUT2D eigenvalue weighted by molar-refractivity contribution is 6.08. The summed E-state index contributed by atoms with van der Waals surface area (Å²) in [5.41, 5.74) is 8.64. The number of aliphatic hydroxyl groups excluding tert-OH is 1. The van der Waals surface area contributed by atoms with Crippen LogP contribution >= 0.6 is 0 Å². The Morgan fingerprint density at radius 1 is 1.03 bits per heavy atom. The van der Waals surface area contributed by atoms with E-state index >= 15 is 0 Å². The van der Waals surface area contributed by atoms with E-state index in [2.05, 4.69) is 0 Å². The third-order valence-corrected chi connectivity index (χ3v) is 5.13. The second-order valence-electron chi connectivity index (χ2n) is 7.25. The van der Waals surface area contributed by atoms with Gasteiger partial charge in [0.05, 0.1) is 11.6 Å². The van der Waals surface area contributed by atoms with E-state index in [1.165, 1.54) is 18.2 Å². The van der Waals surface area contributed by atoms with Gasteiger partial charge in [-0.3, -0.25) is 0 Å². The molecule has 0 saturated carbocycles. The fraction of sp³-hybridized carbons (Fsp3) is 0.130. The van der Waals surface area contributed by atoms with E-state index in [0.29, 0.717) is 33.4 Å². The number of nitrogens with two attached hydrogens (primary N) is 1. The Morgan fingerprint density at radius 2 is 1.77 bits per heavy atom. The topological polar surface area (TPSA) is 120 Å². The summed E-state index contributed by atoms with van der Waals surface area (Å²) in [6, 6.07) is 15.4. The summed E-state index contributed by atoms with van der Waals surface area (Å²) in [5.74, 6) is -0.504. The van der Waals surface area contributed by atoms with Gasteiger partial charge in [-0.1, -0.05) is 18.2 Å². The Balaban J connectivity index is 2.24. The molecule has 2 aromatic rings. The van der Waals surface area contributed by atoms with Crippen LogP contribution in [-0.4, -0.2) is 35.4 Å². The number of anilines is 1. The number of aliphatic hydroxyl groups is 2. The van der Waals surface area contributed by atoms with Gasteiger partial charge < -0.3 is 25.5 Å². The van der Waals surface area contributed by atoms with Crippen molar-refractivity contribution in [3.05, 3.63) is 71.1 Å². The molecule has 2 aliphatic rings. The number of hydrogen-bond donors (Lipinski definition) is 4. The van der Waals surface area contributed by atoms with Crippen LogP contribution in [0.3, 0.4) is 0 Å². The van der Waals surface area contributed by atoms with Gasteiger partial charge in [-0.05, 0) is 23.8 Å². The van der Waals surface area contributed by atoms with Gasteiger partial charge in [0.15, 0.2) is 6.29 Å². The summed E-state index contributed by atoms with van der Waals surface area (Å²) >= 11 is 0. The molecule has 0 aromatic heterocycles. The van der Waals surface area contributed by atoms with Crippen LogP contribution < -0.4 is 15.7 Å². The summed E-state index contributed by atoms with van der Waals surface area (Å²) in [6.45, 7) is 0. The predicted octanol–water partition coefficient (Wildman–Crippen LogP) is 2.50. The lowest BCUT2D eigenvalue weighted by Crippen LogP contribution is -2.21. The van der Waals surface area contributed by atoms with Gasteiger partial charge in [-0.2, -0.15) is 0 Å². The SMILES string of the molecule is C[N+](C)=c1ccc2c(-c3ccccc3C(=O)O)c3cc(C(O)O)c(N)cc3oc-2c1. The molecular weight excluding hydrogens is 384 g/mol. The predicted molar refractivity (Wildman–Crippen MR) is 114 cm³/mol. The molecule has 0 unspecified atom stereocenters. The molecule has 1 aliphatic heterocycles. The fourth-order valence-corrected chi connectivity index (χ4v) is 3.64. The number of carboxylic acid groups (broad SMARTS) is 1. The van der Waals surface area contributed by atoms with E-state index in [1.54, 1.807) is 18.2 Å². The number of fused-ring (bicyclic) bond motifs is 2. The lowest BCUT2D eigenvalue weighted by atomic mass is 9.90. The van der Waals surface area contributed by atoms with Crippen molar-refractivity contribution < 1.29 is 24.5 Å². The monoisotopic (exact) mass is 405 g/mol. The molecule has 0 bridgehead atoms. The molecule has 0 radical (unpaired) electrons. The van der Waals surface area contributed by atoms with E-state index in [9.17, 15) is 20.1 Å². The molecule has 1 aliphatic carbocycles. The van der Waals surface area contributed by atoms with E-state index in [1.807, 2.05) is 36.9 Å². The number of hydrogen-bond acceptors (Lipinski definition) is 5. The van der Waals surface area contributed by atoms with Gasteiger partial charge in [0, 0.05) is 39.9 Å². The zero-order valence-corrected chi connectivity index (χ0v) is 16.5. The zero-order chi connectivity index (χ0) is 21.6. The van der Waals surface area contributed by atoms with Crippen molar-refractivity contribution in [1.82, 2.24) is 4.58 Å². The number of aromatic carboxylic acids is 1.